The molecule has 2 N–H and O–H groups in total. The van der Waals surface area contributed by atoms with Gasteiger partial charge in [-0.25, -0.2) is 0 Å². The molecule has 4 aliphatic heterocycles. The van der Waals surface area contributed by atoms with Crippen molar-refractivity contribution in [2.24, 2.45) is 11.8 Å². The lowest BCUT2D eigenvalue weighted by Gasteiger charge is -2.39. The van der Waals surface area contributed by atoms with E-state index >= 15 is 9.59 Å². The van der Waals surface area contributed by atoms with Crippen LogP contribution in [0.2, 0.25) is 0 Å². The molecule has 5 bridgehead atoms. The number of aliphatic hydroxyl groups is 1. The van der Waals surface area contributed by atoms with E-state index in [-0.39, 0.29) is 18.9 Å². The molecule has 2 saturated heterocycles. The zero-order valence-corrected chi connectivity index (χ0v) is 32.8. The third-order valence-corrected chi connectivity index (χ3v) is 12.0. The van der Waals surface area contributed by atoms with Crippen LogP contribution in [0.25, 0.3) is 0 Å². The molecule has 2 fully saturated rings. The molecule has 288 valence electrons. The van der Waals surface area contributed by atoms with Crippen LogP contribution in [0.5, 0.6) is 0 Å². The predicted molar refractivity (Wildman–Crippen MR) is 212 cm³/mol. The molecule has 55 heavy (non-hydrogen) atoms. The molecule has 0 aromatic heterocycles. The Bertz CT molecular complexity index is 1950. The Morgan fingerprint density at radius 3 is 2.24 bits per heavy atom. The third kappa shape index (κ3) is 7.00. The lowest BCUT2D eigenvalue weighted by molar-refractivity contribution is -0.161. The number of nitrogens with zero attached hydrogens (tertiary/aromatic N) is 3. The number of allylic oxidation sites excluding steroid dienone is 1. The van der Waals surface area contributed by atoms with Crippen LogP contribution >= 0.6 is 15.9 Å². The molecule has 12 heteroatoms. The number of amides is 3. The molecule has 7 rings (SSSR count). The van der Waals surface area contributed by atoms with E-state index in [0.717, 1.165) is 18.8 Å². The second-order valence-corrected chi connectivity index (χ2v) is 15.4. The van der Waals surface area contributed by atoms with Crippen molar-refractivity contribution in [3.63, 3.8) is 0 Å². The number of hydrogen-bond acceptors (Lipinski definition) is 8. The van der Waals surface area contributed by atoms with Crippen molar-refractivity contribution in [2.45, 2.75) is 69.5 Å². The van der Waals surface area contributed by atoms with E-state index in [9.17, 15) is 14.7 Å². The monoisotopic (exact) mass is 810 g/mol. The fourth-order valence-electron chi connectivity index (χ4n) is 8.69. The van der Waals surface area contributed by atoms with Crippen molar-refractivity contribution in [1.82, 2.24) is 10.2 Å². The van der Waals surface area contributed by atoms with Crippen LogP contribution in [0.3, 0.4) is 0 Å². The Morgan fingerprint density at radius 1 is 0.909 bits per heavy atom. The maximum atomic E-state index is 15.5. The maximum Gasteiger partial charge on any atom is 0.313 e. The number of benzene rings is 3. The molecule has 11 nitrogen and oxygen atoms in total. The van der Waals surface area contributed by atoms with Gasteiger partial charge in [0.1, 0.15) is 29.8 Å². The van der Waals surface area contributed by atoms with Crippen molar-refractivity contribution in [3.05, 3.63) is 119 Å². The molecule has 0 unspecified atom stereocenters. The molecule has 3 aromatic rings. The van der Waals surface area contributed by atoms with Gasteiger partial charge >= 0.3 is 5.97 Å². The number of halogens is 1. The largest absolute Gasteiger partial charge is 0.455 e. The van der Waals surface area contributed by atoms with E-state index in [1.807, 2.05) is 97.1 Å². The van der Waals surface area contributed by atoms with E-state index in [4.69, 9.17) is 9.47 Å². The fourth-order valence-corrected chi connectivity index (χ4v) is 9.43. The van der Waals surface area contributed by atoms with Gasteiger partial charge in [-0.1, -0.05) is 88.7 Å². The van der Waals surface area contributed by atoms with E-state index in [0.29, 0.717) is 27.7 Å². The van der Waals surface area contributed by atoms with Crippen molar-refractivity contribution in [3.8, 4) is 0 Å². The predicted octanol–water partition coefficient (Wildman–Crippen LogP) is 5.61. The number of anilines is 2. The zero-order valence-electron chi connectivity index (χ0n) is 31.2. The minimum Gasteiger partial charge on any atom is -0.455 e. The smallest absolute Gasteiger partial charge is 0.313 e. The van der Waals surface area contributed by atoms with Crippen molar-refractivity contribution in [2.75, 3.05) is 36.0 Å². The van der Waals surface area contributed by atoms with Gasteiger partial charge in [0, 0.05) is 41.9 Å². The Kier molecular flexibility index (Phi) is 11.3. The average Bonchev–Trinajstić information content (AvgIpc) is 3.79. The number of cyclic esters (lactones) is 1. The Morgan fingerprint density at radius 2 is 1.58 bits per heavy atom. The highest BCUT2D eigenvalue weighted by Crippen LogP contribution is 2.60. The minimum absolute atomic E-state index is 0.131. The molecule has 0 aliphatic carbocycles. The van der Waals surface area contributed by atoms with Gasteiger partial charge in [0.15, 0.2) is 0 Å². The number of carbonyl (C=O) groups excluding carboxylic acids is 4. The first-order valence-electron chi connectivity index (χ1n) is 19.0. The first kappa shape index (κ1) is 38.5. The number of carbonyl (C=O) groups is 4. The van der Waals surface area contributed by atoms with E-state index in [1.165, 1.54) is 4.90 Å². The maximum absolute atomic E-state index is 15.5. The Hall–Kier alpha value is -4.78. The van der Waals surface area contributed by atoms with Gasteiger partial charge in [0.25, 0.3) is 5.91 Å². The van der Waals surface area contributed by atoms with E-state index in [1.54, 1.807) is 17.9 Å². The van der Waals surface area contributed by atoms with Crippen LogP contribution in [0.1, 0.15) is 56.9 Å². The summed E-state index contributed by atoms with van der Waals surface area (Å²) in [5, 5.41) is 14.0. The summed E-state index contributed by atoms with van der Waals surface area (Å²) in [6, 6.07) is 23.2. The van der Waals surface area contributed by atoms with Gasteiger partial charge in [-0.2, -0.15) is 0 Å². The molecule has 4 heterocycles. The molecule has 0 saturated carbocycles. The summed E-state index contributed by atoms with van der Waals surface area (Å²) >= 11 is 3.64. The fraction of sp³-hybridized carbons (Fsp3) is 0.395. The summed E-state index contributed by atoms with van der Waals surface area (Å²) in [6.07, 6.45) is 4.29. The number of nitrogens with one attached hydrogen (secondary N) is 1. The van der Waals surface area contributed by atoms with E-state index < -0.39 is 72.2 Å². The highest BCUT2D eigenvalue weighted by molar-refractivity contribution is 9.11. The van der Waals surface area contributed by atoms with Gasteiger partial charge in [-0.3, -0.25) is 19.2 Å². The normalized spacial score (nSPS) is 29.4. The quantitative estimate of drug-likeness (QED) is 0.222. The summed E-state index contributed by atoms with van der Waals surface area (Å²) in [5.41, 5.74) is 1.34. The van der Waals surface area contributed by atoms with Gasteiger partial charge in [0.05, 0.1) is 24.6 Å². The Balaban J connectivity index is 1.38. The van der Waals surface area contributed by atoms with Gasteiger partial charge < -0.3 is 34.6 Å². The van der Waals surface area contributed by atoms with Crippen molar-refractivity contribution >= 4 is 51.0 Å². The number of esters is 1. The first-order chi connectivity index (χ1) is 26.6. The molecular formula is C43H47BrN4O7. The lowest BCUT2D eigenvalue weighted by atomic mass is 9.74. The molecule has 1 spiro atoms. The lowest BCUT2D eigenvalue weighted by Crippen LogP contribution is -2.57. The standard InChI is InChI=1S/C43H47BrN4O7/c1-4-46(5-2)30-20-22-31(23-21-30)47-24-14-8-13-19-34(50)45-27(3)37(29-17-11-7-12-18-29)54-42(53)35-36-40(51)48(33(26-49)28-15-9-6-10-16-28)39(41(47)52)43(36)25-32(44)38(35)55-43/h6-12,14-18,20-23,25,27,33,35-39,49H,4-5,13,19,24,26H2,1-3H3,(H,45,50)/b14-8-/t27-,33-,35+,36-,37+,38+,39+,43-/m1/s1. The van der Waals surface area contributed by atoms with Gasteiger partial charge in [-0.15, -0.1) is 0 Å². The number of aliphatic hydroxyl groups excluding tert-OH is 1. The van der Waals surface area contributed by atoms with Crippen LogP contribution in [0.4, 0.5) is 11.4 Å². The van der Waals surface area contributed by atoms with Crippen molar-refractivity contribution in [1.29, 1.82) is 0 Å². The molecule has 0 radical (unpaired) electrons. The number of fused-ring (bicyclic) bond motifs is 2. The second-order valence-electron chi connectivity index (χ2n) is 14.5. The van der Waals surface area contributed by atoms with Crippen LogP contribution in [-0.4, -0.2) is 83.7 Å². The molecule has 3 aromatic carbocycles. The van der Waals surface area contributed by atoms with E-state index in [2.05, 4.69) is 40.0 Å². The van der Waals surface area contributed by atoms with Gasteiger partial charge in [0.2, 0.25) is 11.8 Å². The molecule has 4 aliphatic rings. The minimum atomic E-state index is -1.57. The van der Waals surface area contributed by atoms with Crippen LogP contribution < -0.4 is 15.1 Å². The third-order valence-electron chi connectivity index (χ3n) is 11.3. The number of rotatable bonds is 8. The summed E-state index contributed by atoms with van der Waals surface area (Å²) < 4.78 is 13.6. The average molecular weight is 812 g/mol. The summed E-state index contributed by atoms with van der Waals surface area (Å²) in [7, 11) is 0. The molecule has 8 atom stereocenters. The first-order valence-corrected chi connectivity index (χ1v) is 19.8. The topological polar surface area (TPSA) is 129 Å². The summed E-state index contributed by atoms with van der Waals surface area (Å²) in [6.45, 7) is 7.23. The SMILES string of the molecule is CCN(CC)c1ccc(N2C/C=C\CCC(=O)N[C@H](C)[C@@H](c3ccccc3)OC(=O)[C@@H]3[C@H]4O[C@@]5(C=C4Br)[C@H](C2=O)N([C@H](CO)c2ccccc2)C(=O)[C@@H]35)cc1. The molecule has 3 amide bonds. The number of hydrogen-bond donors (Lipinski definition) is 2. The highest BCUT2D eigenvalue weighted by atomic mass is 79.9. The van der Waals surface area contributed by atoms with Gasteiger partial charge in [-0.05, 0) is 68.7 Å². The van der Waals surface area contributed by atoms with Crippen molar-refractivity contribution < 1.29 is 33.8 Å². The highest BCUT2D eigenvalue weighted by Gasteiger charge is 2.75. The molecular weight excluding hydrogens is 764 g/mol. The zero-order chi connectivity index (χ0) is 38.9. The number of likely N-dealkylation sites (tertiary alicyclic amines) is 1. The Labute approximate surface area is 330 Å². The summed E-state index contributed by atoms with van der Waals surface area (Å²) in [4.78, 5) is 63.7. The van der Waals surface area contributed by atoms with Crippen LogP contribution in [-0.2, 0) is 28.7 Å². The second kappa shape index (κ2) is 16.1. The number of ether oxygens (including phenoxy) is 2. The van der Waals surface area contributed by atoms with Crippen LogP contribution in [0, 0.1) is 11.8 Å². The summed E-state index contributed by atoms with van der Waals surface area (Å²) in [5.74, 6) is -4.10. The van der Waals surface area contributed by atoms with Crippen LogP contribution in [0.15, 0.2) is 108 Å².